The summed E-state index contributed by atoms with van der Waals surface area (Å²) in [6, 6.07) is 1.95. The van der Waals surface area contributed by atoms with Crippen LogP contribution in [-0.4, -0.2) is 36.1 Å². The number of likely N-dealkylation sites (N-methyl/N-ethyl adjacent to an activating group) is 1. The molecule has 0 saturated heterocycles. The number of rotatable bonds is 5. The molecule has 0 saturated carbocycles. The van der Waals surface area contributed by atoms with Gasteiger partial charge in [0.2, 0.25) is 0 Å². The standard InChI is InChI=1S/C12H13NO2S/c1-3-10(11-5-7-16-9-11)4-6-13(2)8-12(14)15/h1,4-5,7,9H,6,8H2,2H3,(H,14,15)/b10-4-. The van der Waals surface area contributed by atoms with E-state index in [0.29, 0.717) is 6.54 Å². The fraction of sp³-hybridized carbons (Fsp3) is 0.250. The molecule has 1 heterocycles. The summed E-state index contributed by atoms with van der Waals surface area (Å²) in [7, 11) is 1.74. The second-order valence-electron chi connectivity index (χ2n) is 3.36. The van der Waals surface area contributed by atoms with Crippen molar-refractivity contribution in [3.63, 3.8) is 0 Å². The molecule has 0 amide bonds. The smallest absolute Gasteiger partial charge is 0.317 e. The van der Waals surface area contributed by atoms with Gasteiger partial charge in [0.25, 0.3) is 0 Å². The van der Waals surface area contributed by atoms with Gasteiger partial charge in [0.1, 0.15) is 0 Å². The van der Waals surface area contributed by atoms with Gasteiger partial charge in [0.05, 0.1) is 6.54 Å². The van der Waals surface area contributed by atoms with E-state index in [2.05, 4.69) is 5.92 Å². The molecule has 0 atom stereocenters. The van der Waals surface area contributed by atoms with Gasteiger partial charge in [-0.1, -0.05) is 12.0 Å². The maximum atomic E-state index is 10.5. The van der Waals surface area contributed by atoms with Gasteiger partial charge in [-0.25, -0.2) is 0 Å². The molecule has 3 nitrogen and oxygen atoms in total. The largest absolute Gasteiger partial charge is 0.480 e. The van der Waals surface area contributed by atoms with Crippen LogP contribution in [0.15, 0.2) is 22.9 Å². The Morgan fingerprint density at radius 2 is 2.50 bits per heavy atom. The van der Waals surface area contributed by atoms with Crippen molar-refractivity contribution in [3.05, 3.63) is 28.5 Å². The van der Waals surface area contributed by atoms with Crippen LogP contribution in [-0.2, 0) is 4.79 Å². The summed E-state index contributed by atoms with van der Waals surface area (Å²) < 4.78 is 0. The highest BCUT2D eigenvalue weighted by molar-refractivity contribution is 7.08. The van der Waals surface area contributed by atoms with E-state index in [9.17, 15) is 4.79 Å². The molecule has 0 aromatic carbocycles. The molecule has 0 bridgehead atoms. The minimum absolute atomic E-state index is 0.0119. The molecule has 0 spiro atoms. The molecular formula is C12H13NO2S. The monoisotopic (exact) mass is 235 g/mol. The molecule has 84 valence electrons. The number of thiophene rings is 1. The minimum Gasteiger partial charge on any atom is -0.480 e. The Kier molecular flexibility index (Phi) is 4.77. The zero-order valence-corrected chi connectivity index (χ0v) is 9.83. The number of nitrogens with zero attached hydrogens (tertiary/aromatic N) is 1. The normalized spacial score (nSPS) is 11.4. The van der Waals surface area contributed by atoms with E-state index < -0.39 is 5.97 Å². The van der Waals surface area contributed by atoms with Crippen LogP contribution >= 0.6 is 11.3 Å². The van der Waals surface area contributed by atoms with E-state index in [4.69, 9.17) is 11.5 Å². The van der Waals surface area contributed by atoms with Crippen molar-refractivity contribution >= 4 is 22.9 Å². The number of hydrogen-bond acceptors (Lipinski definition) is 3. The van der Waals surface area contributed by atoms with E-state index in [0.717, 1.165) is 11.1 Å². The van der Waals surface area contributed by atoms with Crippen molar-refractivity contribution in [2.45, 2.75) is 0 Å². The molecule has 0 aliphatic carbocycles. The van der Waals surface area contributed by atoms with Crippen molar-refractivity contribution in [2.24, 2.45) is 0 Å². The lowest BCUT2D eigenvalue weighted by Gasteiger charge is -2.10. The zero-order chi connectivity index (χ0) is 12.0. The highest BCUT2D eigenvalue weighted by Crippen LogP contribution is 2.16. The Morgan fingerprint density at radius 3 is 3.00 bits per heavy atom. The molecule has 0 aliphatic rings. The number of hydrogen-bond donors (Lipinski definition) is 1. The third-order valence-corrected chi connectivity index (χ3v) is 2.68. The van der Waals surface area contributed by atoms with Gasteiger partial charge in [-0.15, -0.1) is 6.42 Å². The number of carbonyl (C=O) groups is 1. The lowest BCUT2D eigenvalue weighted by molar-refractivity contribution is -0.137. The van der Waals surface area contributed by atoms with Crippen LogP contribution in [0.5, 0.6) is 0 Å². The lowest BCUT2D eigenvalue weighted by atomic mass is 10.1. The fourth-order valence-electron chi connectivity index (χ4n) is 1.22. The van der Waals surface area contributed by atoms with Crippen molar-refractivity contribution in [1.29, 1.82) is 0 Å². The second kappa shape index (κ2) is 6.11. The molecule has 1 rings (SSSR count). The molecule has 0 fully saturated rings. The summed E-state index contributed by atoms with van der Waals surface area (Å²) in [5.74, 6) is 1.77. The molecule has 0 radical (unpaired) electrons. The van der Waals surface area contributed by atoms with Gasteiger partial charge in [-0.2, -0.15) is 11.3 Å². The predicted octanol–water partition coefficient (Wildman–Crippen LogP) is 1.78. The van der Waals surface area contributed by atoms with Gasteiger partial charge in [-0.05, 0) is 23.9 Å². The van der Waals surface area contributed by atoms with Gasteiger partial charge >= 0.3 is 5.97 Å². The van der Waals surface area contributed by atoms with Crippen LogP contribution in [0.4, 0.5) is 0 Å². The molecule has 1 aromatic heterocycles. The molecule has 1 N–H and O–H groups in total. The Morgan fingerprint density at radius 1 is 1.75 bits per heavy atom. The van der Waals surface area contributed by atoms with E-state index in [1.54, 1.807) is 23.3 Å². The average molecular weight is 235 g/mol. The average Bonchev–Trinajstić information content (AvgIpc) is 2.71. The second-order valence-corrected chi connectivity index (χ2v) is 4.14. The third-order valence-electron chi connectivity index (χ3n) is 2.00. The SMILES string of the molecule is C#C/C(=C/CN(C)CC(=O)O)c1ccsc1. The van der Waals surface area contributed by atoms with Crippen molar-refractivity contribution in [1.82, 2.24) is 4.90 Å². The zero-order valence-electron chi connectivity index (χ0n) is 9.01. The first-order valence-electron chi connectivity index (χ1n) is 4.73. The van der Waals surface area contributed by atoms with Crippen LogP contribution in [0.25, 0.3) is 5.57 Å². The first kappa shape index (κ1) is 12.5. The number of carboxylic acid groups (broad SMARTS) is 1. The number of aliphatic carboxylic acids is 1. The van der Waals surface area contributed by atoms with Crippen LogP contribution in [0.1, 0.15) is 5.56 Å². The Balaban J connectivity index is 2.62. The fourth-order valence-corrected chi connectivity index (χ4v) is 1.88. The lowest BCUT2D eigenvalue weighted by Crippen LogP contribution is -2.25. The quantitative estimate of drug-likeness (QED) is 0.791. The number of carboxylic acids is 1. The van der Waals surface area contributed by atoms with Gasteiger partial charge in [0, 0.05) is 17.7 Å². The topological polar surface area (TPSA) is 40.5 Å². The van der Waals surface area contributed by atoms with Gasteiger partial charge in [-0.3, -0.25) is 9.69 Å². The van der Waals surface area contributed by atoms with E-state index in [-0.39, 0.29) is 6.54 Å². The molecule has 0 unspecified atom stereocenters. The first-order chi connectivity index (χ1) is 7.63. The van der Waals surface area contributed by atoms with E-state index in [1.165, 1.54) is 0 Å². The highest BCUT2D eigenvalue weighted by atomic mass is 32.1. The van der Waals surface area contributed by atoms with Crippen molar-refractivity contribution in [2.75, 3.05) is 20.1 Å². The summed E-state index contributed by atoms with van der Waals surface area (Å²) in [6.45, 7) is 0.541. The van der Waals surface area contributed by atoms with Crippen LogP contribution in [0.2, 0.25) is 0 Å². The van der Waals surface area contributed by atoms with Crippen molar-refractivity contribution < 1.29 is 9.90 Å². The summed E-state index contributed by atoms with van der Waals surface area (Å²) in [5, 5.41) is 12.5. The molecule has 0 aliphatic heterocycles. The van der Waals surface area contributed by atoms with E-state index in [1.807, 2.05) is 22.9 Å². The van der Waals surface area contributed by atoms with Crippen molar-refractivity contribution in [3.8, 4) is 12.3 Å². The van der Waals surface area contributed by atoms with Gasteiger partial charge < -0.3 is 5.11 Å². The van der Waals surface area contributed by atoms with Crippen LogP contribution in [0.3, 0.4) is 0 Å². The third kappa shape index (κ3) is 3.89. The predicted molar refractivity (Wildman–Crippen MR) is 66.3 cm³/mol. The van der Waals surface area contributed by atoms with Crippen LogP contribution < -0.4 is 0 Å². The molecular weight excluding hydrogens is 222 g/mol. The maximum absolute atomic E-state index is 10.5. The van der Waals surface area contributed by atoms with Crippen LogP contribution in [0, 0.1) is 12.3 Å². The Bertz CT molecular complexity index is 415. The number of allylic oxidation sites excluding steroid dienone is 1. The Labute approximate surface area is 99.0 Å². The molecule has 1 aromatic rings. The van der Waals surface area contributed by atoms with Gasteiger partial charge in [0.15, 0.2) is 0 Å². The minimum atomic E-state index is -0.839. The molecule has 4 heteroatoms. The summed E-state index contributed by atoms with van der Waals surface area (Å²) >= 11 is 1.58. The summed E-state index contributed by atoms with van der Waals surface area (Å²) in [5.41, 5.74) is 1.81. The number of terminal acetylenes is 1. The highest BCUT2D eigenvalue weighted by Gasteiger charge is 2.03. The van der Waals surface area contributed by atoms with E-state index >= 15 is 0 Å². The summed E-state index contributed by atoms with van der Waals surface area (Å²) in [4.78, 5) is 12.1. The maximum Gasteiger partial charge on any atom is 0.317 e. The molecule has 16 heavy (non-hydrogen) atoms. The summed E-state index contributed by atoms with van der Waals surface area (Å²) in [6.07, 6.45) is 7.27. The first-order valence-corrected chi connectivity index (χ1v) is 5.67. The Hall–Kier alpha value is -1.57.